The largest absolute Gasteiger partial charge is 0.487 e. The van der Waals surface area contributed by atoms with Crippen molar-refractivity contribution in [3.8, 4) is 5.75 Å². The van der Waals surface area contributed by atoms with Crippen LogP contribution in [0.4, 0.5) is 0 Å². The van der Waals surface area contributed by atoms with Crippen molar-refractivity contribution in [2.45, 2.75) is 13.2 Å². The molecule has 0 aliphatic carbocycles. The number of hydrogen-bond acceptors (Lipinski definition) is 3. The Morgan fingerprint density at radius 1 is 1.22 bits per heavy atom. The summed E-state index contributed by atoms with van der Waals surface area (Å²) in [7, 11) is 1.93. The average molecular weight is 391 g/mol. The normalized spacial score (nSPS) is 10.6. The van der Waals surface area contributed by atoms with Crippen LogP contribution in [0.2, 0.25) is 0 Å². The summed E-state index contributed by atoms with van der Waals surface area (Å²) in [6.07, 6.45) is 0. The number of para-hydroxylation sites is 1. The van der Waals surface area contributed by atoms with Gasteiger partial charge in [0.05, 0.1) is 8.26 Å². The van der Waals surface area contributed by atoms with E-state index in [2.05, 4.69) is 49.3 Å². The first-order valence-electron chi connectivity index (χ1n) is 5.49. The van der Waals surface area contributed by atoms with Crippen LogP contribution in [0, 0.1) is 0 Å². The van der Waals surface area contributed by atoms with E-state index in [0.29, 0.717) is 6.61 Å². The number of benzene rings is 1. The SMILES string of the molecule is CNCc1cccc(Br)c1OCc1ccc(Br)s1. The molecule has 0 atom stereocenters. The molecule has 18 heavy (non-hydrogen) atoms. The third kappa shape index (κ3) is 3.57. The van der Waals surface area contributed by atoms with Gasteiger partial charge < -0.3 is 10.1 Å². The van der Waals surface area contributed by atoms with Gasteiger partial charge in [0.15, 0.2) is 0 Å². The highest BCUT2D eigenvalue weighted by atomic mass is 79.9. The van der Waals surface area contributed by atoms with Gasteiger partial charge in [-0.15, -0.1) is 11.3 Å². The van der Waals surface area contributed by atoms with Gasteiger partial charge in [-0.25, -0.2) is 0 Å². The minimum atomic E-state index is 0.593. The van der Waals surface area contributed by atoms with Crippen LogP contribution in [0.25, 0.3) is 0 Å². The van der Waals surface area contributed by atoms with Crippen LogP contribution in [0.5, 0.6) is 5.75 Å². The van der Waals surface area contributed by atoms with Gasteiger partial charge in [0.1, 0.15) is 12.4 Å². The highest BCUT2D eigenvalue weighted by Gasteiger charge is 2.08. The second-order valence-electron chi connectivity index (χ2n) is 3.75. The maximum Gasteiger partial charge on any atom is 0.138 e. The molecule has 1 aromatic heterocycles. The van der Waals surface area contributed by atoms with Crippen molar-refractivity contribution in [1.82, 2.24) is 5.32 Å². The molecule has 1 heterocycles. The van der Waals surface area contributed by atoms with Gasteiger partial charge in [0.25, 0.3) is 0 Å². The molecule has 0 spiro atoms. The number of hydrogen-bond donors (Lipinski definition) is 1. The molecule has 5 heteroatoms. The van der Waals surface area contributed by atoms with E-state index in [1.54, 1.807) is 11.3 Å². The Hall–Kier alpha value is -0.360. The van der Waals surface area contributed by atoms with Gasteiger partial charge in [0.2, 0.25) is 0 Å². The first kappa shape index (κ1) is 14.1. The van der Waals surface area contributed by atoms with Crippen molar-refractivity contribution in [2.24, 2.45) is 0 Å². The van der Waals surface area contributed by atoms with Gasteiger partial charge in [-0.3, -0.25) is 0 Å². The highest BCUT2D eigenvalue weighted by molar-refractivity contribution is 9.11. The molecule has 0 radical (unpaired) electrons. The number of halogens is 2. The van der Waals surface area contributed by atoms with Crippen molar-refractivity contribution in [1.29, 1.82) is 0 Å². The van der Waals surface area contributed by atoms with Crippen LogP contribution in [0.1, 0.15) is 10.4 Å². The number of thiophene rings is 1. The number of rotatable bonds is 5. The van der Waals surface area contributed by atoms with Crippen molar-refractivity contribution in [3.05, 3.63) is 49.0 Å². The summed E-state index contributed by atoms with van der Waals surface area (Å²) in [4.78, 5) is 1.20. The molecule has 1 aromatic carbocycles. The average Bonchev–Trinajstić information content (AvgIpc) is 2.75. The van der Waals surface area contributed by atoms with Crippen molar-refractivity contribution in [3.63, 3.8) is 0 Å². The van der Waals surface area contributed by atoms with E-state index in [1.165, 1.54) is 4.88 Å². The molecule has 2 aromatic rings. The zero-order valence-corrected chi connectivity index (χ0v) is 13.9. The highest BCUT2D eigenvalue weighted by Crippen LogP contribution is 2.31. The lowest BCUT2D eigenvalue weighted by Gasteiger charge is -2.12. The Balaban J connectivity index is 2.12. The van der Waals surface area contributed by atoms with Crippen molar-refractivity contribution < 1.29 is 4.74 Å². The minimum Gasteiger partial charge on any atom is -0.487 e. The predicted octanol–water partition coefficient (Wildman–Crippen LogP) is 4.57. The Morgan fingerprint density at radius 3 is 2.72 bits per heavy atom. The van der Waals surface area contributed by atoms with E-state index < -0.39 is 0 Å². The lowest BCUT2D eigenvalue weighted by atomic mass is 10.2. The van der Waals surface area contributed by atoms with Crippen molar-refractivity contribution >= 4 is 43.2 Å². The minimum absolute atomic E-state index is 0.593. The van der Waals surface area contributed by atoms with E-state index in [1.807, 2.05) is 25.2 Å². The zero-order chi connectivity index (χ0) is 13.0. The standard InChI is InChI=1S/C13H13Br2NOS/c1-16-7-9-3-2-4-11(14)13(9)17-8-10-5-6-12(15)18-10/h2-6,16H,7-8H2,1H3. The van der Waals surface area contributed by atoms with Gasteiger partial charge in [-0.1, -0.05) is 12.1 Å². The maximum absolute atomic E-state index is 5.92. The number of nitrogens with one attached hydrogen (secondary N) is 1. The summed E-state index contributed by atoms with van der Waals surface area (Å²) < 4.78 is 8.04. The van der Waals surface area contributed by atoms with Crippen LogP contribution >= 0.6 is 43.2 Å². The van der Waals surface area contributed by atoms with Crippen LogP contribution in [0.3, 0.4) is 0 Å². The lowest BCUT2D eigenvalue weighted by molar-refractivity contribution is 0.304. The Kier molecular flexibility index (Phi) is 5.24. The fourth-order valence-corrected chi connectivity index (χ4v) is 3.54. The van der Waals surface area contributed by atoms with E-state index >= 15 is 0 Å². The Bertz CT molecular complexity index is 527. The summed E-state index contributed by atoms with van der Waals surface area (Å²) in [5.41, 5.74) is 1.16. The summed E-state index contributed by atoms with van der Waals surface area (Å²) >= 11 is 8.69. The molecular formula is C13H13Br2NOS. The predicted molar refractivity (Wildman–Crippen MR) is 83.3 cm³/mol. The molecule has 0 unspecified atom stereocenters. The zero-order valence-electron chi connectivity index (χ0n) is 9.87. The topological polar surface area (TPSA) is 21.3 Å². The fourth-order valence-electron chi connectivity index (χ4n) is 1.62. The molecule has 0 saturated carbocycles. The molecule has 0 bridgehead atoms. The van der Waals surface area contributed by atoms with E-state index in [4.69, 9.17) is 4.74 Å². The quantitative estimate of drug-likeness (QED) is 0.807. The first-order chi connectivity index (χ1) is 8.70. The van der Waals surface area contributed by atoms with Gasteiger partial charge in [0, 0.05) is 17.0 Å². The molecule has 0 fully saturated rings. The molecule has 96 valence electrons. The molecule has 1 N–H and O–H groups in total. The number of ether oxygens (including phenoxy) is 1. The van der Waals surface area contributed by atoms with E-state index in [-0.39, 0.29) is 0 Å². The molecule has 2 nitrogen and oxygen atoms in total. The maximum atomic E-state index is 5.92. The van der Waals surface area contributed by atoms with E-state index in [0.717, 1.165) is 26.1 Å². The second-order valence-corrected chi connectivity index (χ2v) is 7.15. The first-order valence-corrected chi connectivity index (χ1v) is 7.90. The third-order valence-corrected chi connectivity index (χ3v) is 4.62. The van der Waals surface area contributed by atoms with Crippen LogP contribution < -0.4 is 10.1 Å². The van der Waals surface area contributed by atoms with Gasteiger partial charge in [-0.05, 0) is 57.1 Å². The van der Waals surface area contributed by atoms with Gasteiger partial charge >= 0.3 is 0 Å². The van der Waals surface area contributed by atoms with Crippen LogP contribution in [-0.2, 0) is 13.2 Å². The third-order valence-electron chi connectivity index (χ3n) is 2.40. The molecule has 0 saturated heterocycles. The smallest absolute Gasteiger partial charge is 0.138 e. The summed E-state index contributed by atoms with van der Waals surface area (Å²) in [5, 5.41) is 3.15. The Morgan fingerprint density at radius 2 is 2.06 bits per heavy atom. The van der Waals surface area contributed by atoms with E-state index in [9.17, 15) is 0 Å². The van der Waals surface area contributed by atoms with Gasteiger partial charge in [-0.2, -0.15) is 0 Å². The molecule has 0 aliphatic heterocycles. The monoisotopic (exact) mass is 389 g/mol. The Labute approximate surface area is 128 Å². The van der Waals surface area contributed by atoms with Crippen molar-refractivity contribution in [2.75, 3.05) is 7.05 Å². The summed E-state index contributed by atoms with van der Waals surface area (Å²) in [6.45, 7) is 1.39. The molecular weight excluding hydrogens is 378 g/mol. The summed E-state index contributed by atoms with van der Waals surface area (Å²) in [6, 6.07) is 10.2. The fraction of sp³-hybridized carbons (Fsp3) is 0.231. The lowest BCUT2D eigenvalue weighted by Crippen LogP contribution is -2.07. The molecule has 2 rings (SSSR count). The molecule has 0 amide bonds. The van der Waals surface area contributed by atoms with Crippen LogP contribution in [0.15, 0.2) is 38.6 Å². The van der Waals surface area contributed by atoms with Crippen LogP contribution in [-0.4, -0.2) is 7.05 Å². The second kappa shape index (κ2) is 6.70. The molecule has 0 aliphatic rings. The summed E-state index contributed by atoms with van der Waals surface area (Å²) in [5.74, 6) is 0.913.